The van der Waals surface area contributed by atoms with E-state index in [1.54, 1.807) is 0 Å². The Morgan fingerprint density at radius 1 is 1.14 bits per heavy atom. The largest absolute Gasteiger partial charge is 0.386 e. The van der Waals surface area contributed by atoms with Gasteiger partial charge in [-0.25, -0.2) is 4.39 Å². The molecule has 0 spiro atoms. The van der Waals surface area contributed by atoms with Gasteiger partial charge in [-0.1, -0.05) is 30.3 Å². The maximum atomic E-state index is 12.8. The van der Waals surface area contributed by atoms with Crippen LogP contribution in [0.25, 0.3) is 0 Å². The molecular weight excluding hydrogens is 384 g/mol. The molecule has 0 saturated carbocycles. The number of aliphatic hydroxyl groups is 1. The predicted molar refractivity (Wildman–Crippen MR) is 93.3 cm³/mol. The summed E-state index contributed by atoms with van der Waals surface area (Å²) >= 11 is 0. The van der Waals surface area contributed by atoms with Crippen LogP contribution in [0.15, 0.2) is 59.6 Å². The van der Waals surface area contributed by atoms with E-state index in [4.69, 9.17) is 5.73 Å². The second-order valence-electron chi connectivity index (χ2n) is 4.28. The number of para-hydroxylation sites is 1. The van der Waals surface area contributed by atoms with E-state index in [9.17, 15) is 9.50 Å². The fraction of sp³-hybridized carbons (Fsp3) is 0.133. The van der Waals surface area contributed by atoms with Gasteiger partial charge in [0.2, 0.25) is 0 Å². The number of aliphatic hydroxyl groups excluding tert-OH is 1. The van der Waals surface area contributed by atoms with Gasteiger partial charge in [0.15, 0.2) is 5.96 Å². The van der Waals surface area contributed by atoms with Crippen molar-refractivity contribution in [2.45, 2.75) is 6.10 Å². The molecule has 6 heteroatoms. The standard InChI is InChI=1S/C15H16FN3O.HI/c16-12-8-6-11(7-9-12)14(20)10-18-15(17)19-13-4-2-1-3-5-13;/h1-9,14,20H,10H2,(H3,17,18,19);1H. The van der Waals surface area contributed by atoms with Gasteiger partial charge in [0.1, 0.15) is 5.82 Å². The minimum atomic E-state index is -0.813. The van der Waals surface area contributed by atoms with Gasteiger partial charge in [-0.15, -0.1) is 24.0 Å². The molecule has 2 rings (SSSR count). The first-order chi connectivity index (χ1) is 9.65. The van der Waals surface area contributed by atoms with Crippen LogP contribution in [-0.4, -0.2) is 17.6 Å². The molecule has 0 bridgehead atoms. The summed E-state index contributed by atoms with van der Waals surface area (Å²) in [4.78, 5) is 4.06. The molecule has 0 amide bonds. The average molecular weight is 401 g/mol. The molecule has 0 aromatic heterocycles. The Kier molecular flexibility index (Phi) is 7.10. The zero-order chi connectivity index (χ0) is 14.4. The Morgan fingerprint density at radius 3 is 2.38 bits per heavy atom. The van der Waals surface area contributed by atoms with Gasteiger partial charge in [0.05, 0.1) is 12.6 Å². The van der Waals surface area contributed by atoms with Crippen molar-refractivity contribution < 1.29 is 9.50 Å². The van der Waals surface area contributed by atoms with Gasteiger partial charge >= 0.3 is 0 Å². The van der Waals surface area contributed by atoms with E-state index in [-0.39, 0.29) is 42.3 Å². The van der Waals surface area contributed by atoms with E-state index in [1.165, 1.54) is 24.3 Å². The first kappa shape index (κ1) is 17.4. The van der Waals surface area contributed by atoms with Crippen LogP contribution in [-0.2, 0) is 0 Å². The van der Waals surface area contributed by atoms with Gasteiger partial charge < -0.3 is 16.2 Å². The second-order valence-corrected chi connectivity index (χ2v) is 4.28. The third-order valence-corrected chi connectivity index (χ3v) is 2.74. The molecule has 21 heavy (non-hydrogen) atoms. The minimum absolute atomic E-state index is 0. The first-order valence-corrected chi connectivity index (χ1v) is 6.20. The highest BCUT2D eigenvalue weighted by molar-refractivity contribution is 14.0. The quantitative estimate of drug-likeness (QED) is 0.419. The normalized spacial score (nSPS) is 12.4. The molecule has 1 unspecified atom stereocenters. The van der Waals surface area contributed by atoms with Crippen molar-refractivity contribution in [3.63, 3.8) is 0 Å². The van der Waals surface area contributed by atoms with Crippen LogP contribution in [0.5, 0.6) is 0 Å². The summed E-state index contributed by atoms with van der Waals surface area (Å²) in [6.07, 6.45) is -0.813. The van der Waals surface area contributed by atoms with Gasteiger partial charge in [0, 0.05) is 5.69 Å². The van der Waals surface area contributed by atoms with Crippen molar-refractivity contribution in [3.8, 4) is 0 Å². The maximum absolute atomic E-state index is 12.8. The molecule has 4 N–H and O–H groups in total. The fourth-order valence-corrected chi connectivity index (χ4v) is 1.68. The van der Waals surface area contributed by atoms with Crippen LogP contribution in [0.2, 0.25) is 0 Å². The molecule has 4 nitrogen and oxygen atoms in total. The summed E-state index contributed by atoms with van der Waals surface area (Å²) in [7, 11) is 0. The van der Waals surface area contributed by atoms with Crippen molar-refractivity contribution in [2.24, 2.45) is 10.7 Å². The topological polar surface area (TPSA) is 70.6 Å². The maximum Gasteiger partial charge on any atom is 0.193 e. The number of halogens is 2. The van der Waals surface area contributed by atoms with E-state index in [0.29, 0.717) is 5.56 Å². The molecule has 0 aliphatic carbocycles. The van der Waals surface area contributed by atoms with Crippen molar-refractivity contribution in [3.05, 3.63) is 66.0 Å². The molecule has 0 radical (unpaired) electrons. The number of rotatable bonds is 4. The minimum Gasteiger partial charge on any atom is -0.386 e. The van der Waals surface area contributed by atoms with E-state index in [2.05, 4.69) is 10.3 Å². The molecule has 0 aliphatic heterocycles. The van der Waals surface area contributed by atoms with Crippen molar-refractivity contribution >= 4 is 35.6 Å². The number of benzene rings is 2. The number of anilines is 1. The highest BCUT2D eigenvalue weighted by Gasteiger charge is 2.06. The lowest BCUT2D eigenvalue weighted by Crippen LogP contribution is -2.23. The summed E-state index contributed by atoms with van der Waals surface area (Å²) in [5.41, 5.74) is 7.15. The van der Waals surface area contributed by atoms with E-state index < -0.39 is 6.10 Å². The number of nitrogens with two attached hydrogens (primary N) is 1. The lowest BCUT2D eigenvalue weighted by Gasteiger charge is -2.09. The molecule has 2 aromatic rings. The summed E-state index contributed by atoms with van der Waals surface area (Å²) < 4.78 is 12.8. The predicted octanol–water partition coefficient (Wildman–Crippen LogP) is 2.90. The number of guanidine groups is 1. The molecule has 2 aromatic carbocycles. The van der Waals surface area contributed by atoms with Crippen LogP contribution < -0.4 is 11.1 Å². The Hall–Kier alpha value is -1.67. The second kappa shape index (κ2) is 8.58. The Balaban J connectivity index is 0.00000220. The van der Waals surface area contributed by atoms with Crippen LogP contribution in [0.1, 0.15) is 11.7 Å². The number of aliphatic imine (C=N–C) groups is 1. The SMILES string of the molecule is I.NC(=NCC(O)c1ccc(F)cc1)Nc1ccccc1. The van der Waals surface area contributed by atoms with E-state index in [0.717, 1.165) is 5.69 Å². The van der Waals surface area contributed by atoms with Crippen LogP contribution in [0.4, 0.5) is 10.1 Å². The van der Waals surface area contributed by atoms with Gasteiger partial charge in [-0.3, -0.25) is 4.99 Å². The van der Waals surface area contributed by atoms with Crippen molar-refractivity contribution in [1.82, 2.24) is 0 Å². The van der Waals surface area contributed by atoms with Gasteiger partial charge in [0.25, 0.3) is 0 Å². The fourth-order valence-electron chi connectivity index (χ4n) is 1.68. The van der Waals surface area contributed by atoms with E-state index >= 15 is 0 Å². The highest BCUT2D eigenvalue weighted by Crippen LogP contribution is 2.13. The summed E-state index contributed by atoms with van der Waals surface area (Å²) in [6, 6.07) is 15.0. The van der Waals surface area contributed by atoms with Crippen molar-refractivity contribution in [2.75, 3.05) is 11.9 Å². The number of nitrogens with zero attached hydrogens (tertiary/aromatic N) is 1. The van der Waals surface area contributed by atoms with E-state index in [1.807, 2.05) is 30.3 Å². The zero-order valence-corrected chi connectivity index (χ0v) is 13.6. The Bertz CT molecular complexity index is 575. The third-order valence-electron chi connectivity index (χ3n) is 2.74. The molecule has 112 valence electrons. The summed E-state index contributed by atoms with van der Waals surface area (Å²) in [6.45, 7) is 0.108. The summed E-state index contributed by atoms with van der Waals surface area (Å²) in [5.74, 6) is -0.118. The lowest BCUT2D eigenvalue weighted by molar-refractivity contribution is 0.187. The number of hydrogen-bond acceptors (Lipinski definition) is 2. The zero-order valence-electron chi connectivity index (χ0n) is 11.2. The monoisotopic (exact) mass is 401 g/mol. The third kappa shape index (κ3) is 5.68. The number of nitrogens with one attached hydrogen (secondary N) is 1. The van der Waals surface area contributed by atoms with Gasteiger partial charge in [-0.2, -0.15) is 0 Å². The molecule has 0 heterocycles. The van der Waals surface area contributed by atoms with Gasteiger partial charge in [-0.05, 0) is 29.8 Å². The molecule has 0 saturated heterocycles. The van der Waals surface area contributed by atoms with Crippen LogP contribution >= 0.6 is 24.0 Å². The molecular formula is C15H17FIN3O. The average Bonchev–Trinajstić information content (AvgIpc) is 2.46. The first-order valence-electron chi connectivity index (χ1n) is 6.20. The Labute approximate surface area is 139 Å². The molecule has 0 aliphatic rings. The smallest absolute Gasteiger partial charge is 0.193 e. The number of hydrogen-bond donors (Lipinski definition) is 3. The summed E-state index contributed by atoms with van der Waals surface area (Å²) in [5, 5.41) is 12.8. The molecule has 0 fully saturated rings. The molecule has 1 atom stereocenters. The lowest BCUT2D eigenvalue weighted by atomic mass is 10.1. The highest BCUT2D eigenvalue weighted by atomic mass is 127. The van der Waals surface area contributed by atoms with Crippen molar-refractivity contribution in [1.29, 1.82) is 0 Å². The Morgan fingerprint density at radius 2 is 1.76 bits per heavy atom. The van der Waals surface area contributed by atoms with Crippen LogP contribution in [0, 0.1) is 5.82 Å². The van der Waals surface area contributed by atoms with Crippen LogP contribution in [0.3, 0.4) is 0 Å².